The van der Waals surface area contributed by atoms with Crippen LogP contribution in [0.1, 0.15) is 49.3 Å². The monoisotopic (exact) mass is 649 g/mol. The molecule has 0 radical (unpaired) electrons. The molecule has 0 saturated carbocycles. The zero-order valence-corrected chi connectivity index (χ0v) is 27.4. The average molecular weight is 650 g/mol. The van der Waals surface area contributed by atoms with Gasteiger partial charge in [-0.1, -0.05) is 29.8 Å². The van der Waals surface area contributed by atoms with Crippen LogP contribution >= 0.6 is 11.6 Å². The molecule has 46 heavy (non-hydrogen) atoms. The van der Waals surface area contributed by atoms with E-state index in [1.807, 2.05) is 42.2 Å². The number of ether oxygens (including phenoxy) is 1. The van der Waals surface area contributed by atoms with Crippen LogP contribution in [0, 0.1) is 6.92 Å². The minimum atomic E-state index is -0.978. The molecular formula is C34H44ClN7O4. The maximum Gasteiger partial charge on any atom is 0.410 e. The van der Waals surface area contributed by atoms with E-state index in [9.17, 15) is 14.4 Å². The zero-order chi connectivity index (χ0) is 32.1. The Bertz CT molecular complexity index is 1650. The van der Waals surface area contributed by atoms with Crippen molar-refractivity contribution < 1.29 is 14.3 Å². The number of carbonyl (C=O) groups is 2. The number of imidazole rings is 1. The number of hydrogen-bond donors (Lipinski definition) is 2. The van der Waals surface area contributed by atoms with Crippen molar-refractivity contribution >= 4 is 40.3 Å². The van der Waals surface area contributed by atoms with E-state index < -0.39 is 12.2 Å². The van der Waals surface area contributed by atoms with E-state index in [0.29, 0.717) is 67.9 Å². The Hall–Kier alpha value is -3.54. The van der Waals surface area contributed by atoms with E-state index in [4.69, 9.17) is 22.1 Å². The zero-order valence-electron chi connectivity index (χ0n) is 26.7. The number of piperazine rings is 1. The van der Waals surface area contributed by atoms with Crippen molar-refractivity contribution in [1.82, 2.24) is 29.2 Å². The number of rotatable bonds is 6. The maximum absolute atomic E-state index is 14.0. The van der Waals surface area contributed by atoms with Gasteiger partial charge in [-0.15, -0.1) is 0 Å². The van der Waals surface area contributed by atoms with Crippen LogP contribution in [0.15, 0.2) is 41.2 Å². The van der Waals surface area contributed by atoms with Gasteiger partial charge in [0.15, 0.2) is 6.10 Å². The number of hydrogen-bond acceptors (Lipinski definition) is 7. The molecular weight excluding hydrogens is 606 g/mol. The number of amides is 2. The lowest BCUT2D eigenvalue weighted by Crippen LogP contribution is -2.54. The average Bonchev–Trinajstić information content (AvgIpc) is 3.74. The SMILES string of the molecule is Cc1cc(C[C@@H](OC(=O)N2CCC(n3c(=O)[nH]c4ccccc43)CC2)C(=O)N2CCC(N3CC4CC3CN4C)CC2)cc(Cl)c1N. The number of halogens is 1. The van der Waals surface area contributed by atoms with E-state index in [1.54, 1.807) is 15.5 Å². The first-order valence-electron chi connectivity index (χ1n) is 16.6. The van der Waals surface area contributed by atoms with E-state index in [0.717, 1.165) is 48.1 Å². The van der Waals surface area contributed by atoms with Gasteiger partial charge < -0.3 is 30.2 Å². The maximum atomic E-state index is 14.0. The Morgan fingerprint density at radius 2 is 1.67 bits per heavy atom. The van der Waals surface area contributed by atoms with Gasteiger partial charge in [-0.25, -0.2) is 9.59 Å². The number of likely N-dealkylation sites (tertiary alicyclic amines) is 4. The third-order valence-electron chi connectivity index (χ3n) is 10.8. The molecule has 7 rings (SSSR count). The van der Waals surface area contributed by atoms with Crippen molar-refractivity contribution in [3.63, 3.8) is 0 Å². The number of aromatic nitrogens is 2. The fourth-order valence-corrected chi connectivity index (χ4v) is 8.53. The molecule has 12 heteroatoms. The van der Waals surface area contributed by atoms with Gasteiger partial charge >= 0.3 is 11.8 Å². The highest BCUT2D eigenvalue weighted by Crippen LogP contribution is 2.34. The number of carbonyl (C=O) groups excluding carboxylic acids is 2. The Labute approximate surface area is 274 Å². The van der Waals surface area contributed by atoms with Gasteiger partial charge in [-0.2, -0.15) is 0 Å². The first-order chi connectivity index (χ1) is 22.2. The highest BCUT2D eigenvalue weighted by molar-refractivity contribution is 6.33. The second-order valence-corrected chi connectivity index (χ2v) is 14.1. The Balaban J connectivity index is 1.02. The lowest BCUT2D eigenvalue weighted by Gasteiger charge is -2.42. The molecule has 0 aliphatic carbocycles. The number of fused-ring (bicyclic) bond motifs is 3. The molecule has 2 unspecified atom stereocenters. The number of nitrogen functional groups attached to an aromatic ring is 1. The molecule has 2 aromatic carbocycles. The number of likely N-dealkylation sites (N-methyl/N-ethyl adjacent to an activating group) is 1. The topological polar surface area (TPSA) is 120 Å². The van der Waals surface area contributed by atoms with Crippen molar-refractivity contribution in [2.24, 2.45) is 0 Å². The van der Waals surface area contributed by atoms with Crippen LogP contribution in [0.2, 0.25) is 5.02 Å². The molecule has 246 valence electrons. The number of nitrogens with zero attached hydrogens (tertiary/aromatic N) is 5. The van der Waals surface area contributed by atoms with Crippen molar-refractivity contribution in [3.8, 4) is 0 Å². The first kappa shape index (κ1) is 31.1. The van der Waals surface area contributed by atoms with Gasteiger partial charge in [0.1, 0.15) is 0 Å². The van der Waals surface area contributed by atoms with Crippen LogP contribution in [0.5, 0.6) is 0 Å². The number of piperidine rings is 2. The predicted octanol–water partition coefficient (Wildman–Crippen LogP) is 3.64. The van der Waals surface area contributed by atoms with Crippen LogP contribution < -0.4 is 11.4 Å². The summed E-state index contributed by atoms with van der Waals surface area (Å²) in [4.78, 5) is 51.9. The fraction of sp³-hybridized carbons (Fsp3) is 0.559. The number of aromatic amines is 1. The highest BCUT2D eigenvalue weighted by atomic mass is 35.5. The minimum absolute atomic E-state index is 0.0301. The first-order valence-corrected chi connectivity index (χ1v) is 17.0. The molecule has 2 bridgehead atoms. The van der Waals surface area contributed by atoms with Crippen LogP contribution in [0.25, 0.3) is 11.0 Å². The molecule has 4 saturated heterocycles. The van der Waals surface area contributed by atoms with E-state index in [2.05, 4.69) is 21.8 Å². The normalized spacial score (nSPS) is 23.8. The molecule has 4 aliphatic rings. The van der Waals surface area contributed by atoms with Gasteiger partial charge in [0, 0.05) is 69.9 Å². The summed E-state index contributed by atoms with van der Waals surface area (Å²) >= 11 is 6.41. The Kier molecular flexibility index (Phi) is 8.50. The second kappa shape index (κ2) is 12.6. The lowest BCUT2D eigenvalue weighted by molar-refractivity contribution is -0.142. The summed E-state index contributed by atoms with van der Waals surface area (Å²) in [6.07, 6.45) is 3.05. The summed E-state index contributed by atoms with van der Waals surface area (Å²) in [7, 11) is 2.22. The summed E-state index contributed by atoms with van der Waals surface area (Å²) < 4.78 is 7.85. The van der Waals surface area contributed by atoms with Gasteiger partial charge in [-0.3, -0.25) is 14.3 Å². The van der Waals surface area contributed by atoms with Crippen molar-refractivity contribution in [2.75, 3.05) is 52.0 Å². The third-order valence-corrected chi connectivity index (χ3v) is 11.2. The standard InChI is InChI=1S/C34H44ClN7O4/c1-21-15-22(16-27(35)31(21)36)17-30(32(43)39-11-7-23(8-12-39)41-20-25-18-26(41)19-38(25)2)46-34(45)40-13-9-24(10-14-40)42-29-6-4-3-5-28(29)37-33(42)44/h3-6,15-16,23-26,30H,7-14,17-20,36H2,1-2H3,(H,37,44)/t25?,26?,30-/m1/s1. The van der Waals surface area contributed by atoms with Crippen molar-refractivity contribution in [1.29, 1.82) is 0 Å². The summed E-state index contributed by atoms with van der Waals surface area (Å²) in [5, 5.41) is 0.425. The number of aryl methyl sites for hydroxylation is 1. The molecule has 4 aliphatic heterocycles. The number of anilines is 1. The summed E-state index contributed by atoms with van der Waals surface area (Å²) in [6, 6.07) is 13.0. The van der Waals surface area contributed by atoms with E-state index >= 15 is 0 Å². The lowest BCUT2D eigenvalue weighted by atomic mass is 9.99. The van der Waals surface area contributed by atoms with Crippen LogP contribution in [0.4, 0.5) is 10.5 Å². The van der Waals surface area contributed by atoms with Crippen LogP contribution in [-0.2, 0) is 16.0 Å². The minimum Gasteiger partial charge on any atom is -0.436 e. The predicted molar refractivity (Wildman–Crippen MR) is 178 cm³/mol. The smallest absolute Gasteiger partial charge is 0.410 e. The molecule has 3 aromatic rings. The number of H-pyrrole nitrogens is 1. The molecule has 1 aromatic heterocycles. The molecule has 3 N–H and O–H groups in total. The van der Waals surface area contributed by atoms with Crippen LogP contribution in [-0.4, -0.2) is 112 Å². The largest absolute Gasteiger partial charge is 0.436 e. The van der Waals surface area contributed by atoms with Gasteiger partial charge in [0.05, 0.1) is 21.7 Å². The summed E-state index contributed by atoms with van der Waals surface area (Å²) in [6.45, 7) is 6.28. The Morgan fingerprint density at radius 1 is 0.978 bits per heavy atom. The second-order valence-electron chi connectivity index (χ2n) is 13.7. The molecule has 3 atom stereocenters. The van der Waals surface area contributed by atoms with Crippen molar-refractivity contribution in [2.45, 2.75) is 75.7 Å². The molecule has 11 nitrogen and oxygen atoms in total. The number of benzene rings is 2. The molecule has 4 fully saturated rings. The summed E-state index contributed by atoms with van der Waals surface area (Å²) in [5.41, 5.74) is 9.74. The number of nitrogens with two attached hydrogens (primary N) is 1. The van der Waals surface area contributed by atoms with Crippen LogP contribution in [0.3, 0.4) is 0 Å². The molecule has 5 heterocycles. The van der Waals surface area contributed by atoms with Crippen molar-refractivity contribution in [3.05, 3.63) is 63.0 Å². The number of nitrogens with one attached hydrogen (secondary N) is 1. The van der Waals surface area contributed by atoms with E-state index in [1.165, 1.54) is 6.42 Å². The highest BCUT2D eigenvalue weighted by Gasteiger charge is 2.45. The third kappa shape index (κ3) is 5.89. The van der Waals surface area contributed by atoms with Gasteiger partial charge in [0.25, 0.3) is 5.91 Å². The summed E-state index contributed by atoms with van der Waals surface area (Å²) in [5.74, 6) is -0.166. The Morgan fingerprint density at radius 3 is 2.35 bits per heavy atom. The fourth-order valence-electron chi connectivity index (χ4n) is 8.24. The van der Waals surface area contributed by atoms with Gasteiger partial charge in [0.2, 0.25) is 0 Å². The molecule has 2 amide bonds. The quantitative estimate of drug-likeness (QED) is 0.392. The molecule has 0 spiro atoms. The van der Waals surface area contributed by atoms with Gasteiger partial charge in [-0.05, 0) is 75.4 Å². The van der Waals surface area contributed by atoms with E-state index in [-0.39, 0.29) is 24.1 Å². The number of para-hydroxylation sites is 2.